The Morgan fingerprint density at radius 2 is 2.32 bits per heavy atom. The molecule has 1 aromatic heterocycles. The molecule has 1 amide bonds. The molecule has 0 fully saturated rings. The van der Waals surface area contributed by atoms with Crippen molar-refractivity contribution in [3.63, 3.8) is 0 Å². The van der Waals surface area contributed by atoms with Gasteiger partial charge in [-0.25, -0.2) is 0 Å². The van der Waals surface area contributed by atoms with Crippen molar-refractivity contribution in [2.45, 2.75) is 20.0 Å². The van der Waals surface area contributed by atoms with Crippen molar-refractivity contribution in [1.82, 2.24) is 20.1 Å². The van der Waals surface area contributed by atoms with Crippen LogP contribution in [0.15, 0.2) is 24.5 Å². The number of rotatable bonds is 4. The van der Waals surface area contributed by atoms with Crippen molar-refractivity contribution in [2.24, 2.45) is 0 Å². The number of nitrogens with two attached hydrogens (primary N) is 1. The molecule has 3 N–H and O–H groups in total. The summed E-state index contributed by atoms with van der Waals surface area (Å²) in [6.07, 6.45) is 1.62. The number of nitrogens with one attached hydrogen (secondary N) is 1. The predicted octanol–water partition coefficient (Wildman–Crippen LogP) is 1.46. The van der Waals surface area contributed by atoms with E-state index in [0.29, 0.717) is 28.6 Å². The van der Waals surface area contributed by atoms with E-state index >= 15 is 0 Å². The first-order valence-corrected chi connectivity index (χ1v) is 6.19. The molecule has 0 unspecified atom stereocenters. The SMILES string of the molecule is CCn1cnnc1CNC(=O)c1cc(Cl)ccc1N. The third-order valence-corrected chi connectivity index (χ3v) is 2.94. The number of aromatic nitrogens is 3. The second-order valence-electron chi connectivity index (χ2n) is 3.95. The van der Waals surface area contributed by atoms with E-state index in [1.54, 1.807) is 18.5 Å². The van der Waals surface area contributed by atoms with Crippen LogP contribution in [0.4, 0.5) is 5.69 Å². The molecule has 0 saturated carbocycles. The fourth-order valence-corrected chi connectivity index (χ4v) is 1.83. The molecule has 0 saturated heterocycles. The number of nitrogen functional groups attached to an aromatic ring is 1. The average molecular weight is 280 g/mol. The van der Waals surface area contributed by atoms with Crippen LogP contribution in [-0.2, 0) is 13.1 Å². The van der Waals surface area contributed by atoms with E-state index in [1.807, 2.05) is 11.5 Å². The van der Waals surface area contributed by atoms with Crippen LogP contribution in [0, 0.1) is 0 Å². The smallest absolute Gasteiger partial charge is 0.253 e. The molecule has 0 aliphatic heterocycles. The summed E-state index contributed by atoms with van der Waals surface area (Å²) in [6, 6.07) is 4.78. The van der Waals surface area contributed by atoms with Crippen LogP contribution in [0.5, 0.6) is 0 Å². The van der Waals surface area contributed by atoms with Gasteiger partial charge < -0.3 is 15.6 Å². The van der Waals surface area contributed by atoms with Gasteiger partial charge in [0.1, 0.15) is 6.33 Å². The molecule has 2 aromatic rings. The van der Waals surface area contributed by atoms with E-state index < -0.39 is 0 Å². The first kappa shape index (κ1) is 13.4. The van der Waals surface area contributed by atoms with Gasteiger partial charge in [-0.2, -0.15) is 0 Å². The lowest BCUT2D eigenvalue weighted by Gasteiger charge is -2.08. The monoisotopic (exact) mass is 279 g/mol. The molecule has 1 aromatic carbocycles. The zero-order chi connectivity index (χ0) is 13.8. The lowest BCUT2D eigenvalue weighted by Crippen LogP contribution is -2.25. The number of nitrogens with zero attached hydrogens (tertiary/aromatic N) is 3. The van der Waals surface area contributed by atoms with Crippen LogP contribution in [-0.4, -0.2) is 20.7 Å². The van der Waals surface area contributed by atoms with Crippen LogP contribution in [0.3, 0.4) is 0 Å². The Labute approximate surface area is 115 Å². The minimum Gasteiger partial charge on any atom is -0.398 e. The summed E-state index contributed by atoms with van der Waals surface area (Å²) in [7, 11) is 0. The van der Waals surface area contributed by atoms with Gasteiger partial charge in [-0.3, -0.25) is 4.79 Å². The van der Waals surface area contributed by atoms with Crippen LogP contribution < -0.4 is 11.1 Å². The Kier molecular flexibility index (Phi) is 4.01. The molecule has 19 heavy (non-hydrogen) atoms. The lowest BCUT2D eigenvalue weighted by atomic mass is 10.1. The van der Waals surface area contributed by atoms with Gasteiger partial charge in [0.15, 0.2) is 5.82 Å². The van der Waals surface area contributed by atoms with E-state index in [2.05, 4.69) is 15.5 Å². The van der Waals surface area contributed by atoms with Gasteiger partial charge in [0.05, 0.1) is 12.1 Å². The second-order valence-corrected chi connectivity index (χ2v) is 4.38. The molecule has 7 heteroatoms. The summed E-state index contributed by atoms with van der Waals surface area (Å²) in [5.41, 5.74) is 6.49. The summed E-state index contributed by atoms with van der Waals surface area (Å²) >= 11 is 5.85. The first-order valence-electron chi connectivity index (χ1n) is 5.81. The molecule has 0 spiro atoms. The summed E-state index contributed by atoms with van der Waals surface area (Å²) in [5.74, 6) is 0.405. The third-order valence-electron chi connectivity index (χ3n) is 2.70. The minimum absolute atomic E-state index is 0.286. The summed E-state index contributed by atoms with van der Waals surface area (Å²) in [4.78, 5) is 12.0. The van der Waals surface area contributed by atoms with Crippen molar-refractivity contribution < 1.29 is 4.79 Å². The normalized spacial score (nSPS) is 10.4. The van der Waals surface area contributed by atoms with E-state index in [0.717, 1.165) is 6.54 Å². The fourth-order valence-electron chi connectivity index (χ4n) is 1.66. The predicted molar refractivity (Wildman–Crippen MR) is 72.7 cm³/mol. The molecule has 6 nitrogen and oxygen atoms in total. The van der Waals surface area contributed by atoms with E-state index in [-0.39, 0.29) is 5.91 Å². The molecule has 0 aliphatic carbocycles. The minimum atomic E-state index is -0.286. The van der Waals surface area contributed by atoms with Gasteiger partial charge in [-0.1, -0.05) is 11.6 Å². The van der Waals surface area contributed by atoms with Crippen LogP contribution in [0.25, 0.3) is 0 Å². The van der Waals surface area contributed by atoms with Crippen molar-refractivity contribution in [2.75, 3.05) is 5.73 Å². The fraction of sp³-hybridized carbons (Fsp3) is 0.250. The standard InChI is InChI=1S/C12H14ClN5O/c1-2-18-7-16-17-11(18)6-15-12(19)9-5-8(13)3-4-10(9)14/h3-5,7H,2,6,14H2,1H3,(H,15,19). The zero-order valence-electron chi connectivity index (χ0n) is 10.4. The summed E-state index contributed by atoms with van der Waals surface area (Å²) in [6.45, 7) is 3.01. The molecular formula is C12H14ClN5O. The molecule has 0 bridgehead atoms. The molecule has 1 heterocycles. The second kappa shape index (κ2) is 5.71. The Balaban J connectivity index is 2.07. The van der Waals surface area contributed by atoms with Gasteiger partial charge >= 0.3 is 0 Å². The highest BCUT2D eigenvalue weighted by atomic mass is 35.5. The highest BCUT2D eigenvalue weighted by Crippen LogP contribution is 2.17. The van der Waals surface area contributed by atoms with E-state index in [4.69, 9.17) is 17.3 Å². The number of aryl methyl sites for hydroxylation is 1. The first-order chi connectivity index (χ1) is 9.11. The van der Waals surface area contributed by atoms with Crippen LogP contribution in [0.1, 0.15) is 23.1 Å². The zero-order valence-corrected chi connectivity index (χ0v) is 11.2. The Morgan fingerprint density at radius 1 is 1.53 bits per heavy atom. The number of benzene rings is 1. The average Bonchev–Trinajstić information content (AvgIpc) is 2.86. The number of anilines is 1. The Hall–Kier alpha value is -2.08. The number of amides is 1. The van der Waals surface area contributed by atoms with Crippen molar-refractivity contribution >= 4 is 23.2 Å². The number of hydrogen-bond acceptors (Lipinski definition) is 4. The van der Waals surface area contributed by atoms with Gasteiger partial charge in [0.25, 0.3) is 5.91 Å². The van der Waals surface area contributed by atoms with Gasteiger partial charge in [-0.15, -0.1) is 10.2 Å². The van der Waals surface area contributed by atoms with Crippen molar-refractivity contribution in [3.05, 3.63) is 40.9 Å². The Morgan fingerprint density at radius 3 is 3.05 bits per heavy atom. The van der Waals surface area contributed by atoms with Gasteiger partial charge in [-0.05, 0) is 25.1 Å². The van der Waals surface area contributed by atoms with Gasteiger partial charge in [0, 0.05) is 17.3 Å². The van der Waals surface area contributed by atoms with Crippen LogP contribution in [0.2, 0.25) is 5.02 Å². The quantitative estimate of drug-likeness (QED) is 0.830. The Bertz CT molecular complexity index is 596. The number of halogens is 1. The topological polar surface area (TPSA) is 85.8 Å². The largest absolute Gasteiger partial charge is 0.398 e. The summed E-state index contributed by atoms with van der Waals surface area (Å²) in [5, 5.41) is 10.9. The maximum Gasteiger partial charge on any atom is 0.253 e. The molecular weight excluding hydrogens is 266 g/mol. The third kappa shape index (κ3) is 3.03. The van der Waals surface area contributed by atoms with E-state index in [1.165, 1.54) is 6.07 Å². The highest BCUT2D eigenvalue weighted by molar-refractivity contribution is 6.31. The van der Waals surface area contributed by atoms with Crippen molar-refractivity contribution in [1.29, 1.82) is 0 Å². The number of carbonyl (C=O) groups excluding carboxylic acids is 1. The van der Waals surface area contributed by atoms with Crippen LogP contribution >= 0.6 is 11.6 Å². The lowest BCUT2D eigenvalue weighted by molar-refractivity contribution is 0.0950. The molecule has 2 rings (SSSR count). The molecule has 0 aliphatic rings. The molecule has 0 radical (unpaired) electrons. The van der Waals surface area contributed by atoms with E-state index in [9.17, 15) is 4.79 Å². The highest BCUT2D eigenvalue weighted by Gasteiger charge is 2.11. The van der Waals surface area contributed by atoms with Crippen molar-refractivity contribution in [3.8, 4) is 0 Å². The molecule has 0 atom stereocenters. The maximum atomic E-state index is 12.0. The maximum absolute atomic E-state index is 12.0. The molecule has 100 valence electrons. The summed E-state index contributed by atoms with van der Waals surface area (Å²) < 4.78 is 1.85. The number of hydrogen-bond donors (Lipinski definition) is 2. The van der Waals surface area contributed by atoms with Gasteiger partial charge in [0.2, 0.25) is 0 Å². The number of carbonyl (C=O) groups is 1.